The van der Waals surface area contributed by atoms with E-state index in [4.69, 9.17) is 11.6 Å². The minimum Gasteiger partial charge on any atom is -0.325 e. The molecule has 0 fully saturated rings. The number of hydrogen-bond acceptors (Lipinski definition) is 2. The van der Waals surface area contributed by atoms with Gasteiger partial charge in [0, 0.05) is 17.7 Å². The molecule has 0 spiro atoms. The summed E-state index contributed by atoms with van der Waals surface area (Å²) in [4.78, 5) is 24.0. The monoisotopic (exact) mass is 398 g/mol. The molecule has 2 amide bonds. The molecule has 2 rings (SSSR count). The lowest BCUT2D eigenvalue weighted by Gasteiger charge is -2.20. The van der Waals surface area contributed by atoms with Gasteiger partial charge in [-0.2, -0.15) is 13.2 Å². The molecule has 0 aromatic heterocycles. The predicted octanol–water partition coefficient (Wildman–Crippen LogP) is 5.17. The third kappa shape index (κ3) is 5.47. The van der Waals surface area contributed by atoms with Crippen molar-refractivity contribution in [2.24, 2.45) is 0 Å². The standard InChI is InChI=1S/C19H18ClF3N2O2/c1-3-5-14(11(4-2)10-19(21,22)23)18(27)24-13-8-12-6-7-16(26)25-17(12)15(20)9-13/h3-5,8-9H,2,6-7,10H2,1H3,(H,24,27)(H,25,26)/b5-3-,14-11-. The smallest absolute Gasteiger partial charge is 0.325 e. The van der Waals surface area contributed by atoms with Crippen molar-refractivity contribution in [3.8, 4) is 0 Å². The lowest BCUT2D eigenvalue weighted by molar-refractivity contribution is -0.126. The molecule has 144 valence electrons. The molecule has 0 aliphatic carbocycles. The van der Waals surface area contributed by atoms with Crippen molar-refractivity contribution in [2.75, 3.05) is 10.6 Å². The Labute approximate surface area is 159 Å². The van der Waals surface area contributed by atoms with Gasteiger partial charge in [-0.25, -0.2) is 0 Å². The van der Waals surface area contributed by atoms with E-state index >= 15 is 0 Å². The van der Waals surface area contributed by atoms with Crippen LogP contribution in [0.1, 0.15) is 25.3 Å². The van der Waals surface area contributed by atoms with Gasteiger partial charge in [-0.1, -0.05) is 36.4 Å². The van der Waals surface area contributed by atoms with Crippen molar-refractivity contribution in [2.45, 2.75) is 32.4 Å². The van der Waals surface area contributed by atoms with Crippen LogP contribution >= 0.6 is 11.6 Å². The second kappa shape index (κ2) is 8.43. The molecule has 1 aromatic carbocycles. The number of benzene rings is 1. The first-order valence-electron chi connectivity index (χ1n) is 8.13. The van der Waals surface area contributed by atoms with Gasteiger partial charge in [0.25, 0.3) is 5.91 Å². The number of aryl methyl sites for hydroxylation is 1. The maximum Gasteiger partial charge on any atom is 0.393 e. The van der Waals surface area contributed by atoms with Gasteiger partial charge in [0.1, 0.15) is 0 Å². The summed E-state index contributed by atoms with van der Waals surface area (Å²) in [5.74, 6) is -0.856. The molecule has 1 aromatic rings. The summed E-state index contributed by atoms with van der Waals surface area (Å²) in [6, 6.07) is 3.08. The maximum absolute atomic E-state index is 12.8. The van der Waals surface area contributed by atoms with Gasteiger partial charge < -0.3 is 10.6 Å². The molecule has 4 nitrogen and oxygen atoms in total. The summed E-state index contributed by atoms with van der Waals surface area (Å²) in [5.41, 5.74) is 1.20. The molecule has 27 heavy (non-hydrogen) atoms. The number of fused-ring (bicyclic) bond motifs is 1. The summed E-state index contributed by atoms with van der Waals surface area (Å²) < 4.78 is 38.3. The lowest BCUT2D eigenvalue weighted by Crippen LogP contribution is -2.21. The number of allylic oxidation sites excluding steroid dienone is 3. The topological polar surface area (TPSA) is 58.2 Å². The molecule has 0 atom stereocenters. The van der Waals surface area contributed by atoms with Crippen LogP contribution in [0.5, 0.6) is 0 Å². The zero-order valence-corrected chi connectivity index (χ0v) is 15.3. The molecule has 2 N–H and O–H groups in total. The van der Waals surface area contributed by atoms with Gasteiger partial charge in [-0.05, 0) is 36.6 Å². The van der Waals surface area contributed by atoms with E-state index in [1.165, 1.54) is 18.2 Å². The molecule has 0 bridgehead atoms. The highest BCUT2D eigenvalue weighted by molar-refractivity contribution is 6.34. The number of halogens is 4. The third-order valence-electron chi connectivity index (χ3n) is 3.88. The summed E-state index contributed by atoms with van der Waals surface area (Å²) in [7, 11) is 0. The third-order valence-corrected chi connectivity index (χ3v) is 4.17. The van der Waals surface area contributed by atoms with Gasteiger partial charge in [0.05, 0.1) is 17.1 Å². The summed E-state index contributed by atoms with van der Waals surface area (Å²) >= 11 is 6.16. The van der Waals surface area contributed by atoms with Gasteiger partial charge in [0.2, 0.25) is 5.91 Å². The van der Waals surface area contributed by atoms with Crippen LogP contribution in [0.25, 0.3) is 0 Å². The first kappa shape index (κ1) is 20.8. The highest BCUT2D eigenvalue weighted by Crippen LogP contribution is 2.34. The number of anilines is 2. The molecule has 0 saturated carbocycles. The molecule has 1 heterocycles. The van der Waals surface area contributed by atoms with Gasteiger partial charge >= 0.3 is 6.18 Å². The normalized spacial score (nSPS) is 15.1. The SMILES string of the molecule is C=C/C(CC(F)(F)F)=C(\C=C/C)C(=O)Nc1cc(Cl)c2c(c1)CCC(=O)N2. The Morgan fingerprint density at radius 2 is 2.07 bits per heavy atom. The molecule has 0 saturated heterocycles. The van der Waals surface area contributed by atoms with E-state index in [2.05, 4.69) is 17.2 Å². The zero-order valence-electron chi connectivity index (χ0n) is 14.5. The van der Waals surface area contributed by atoms with Crippen LogP contribution in [-0.2, 0) is 16.0 Å². The second-order valence-corrected chi connectivity index (χ2v) is 6.34. The van der Waals surface area contributed by atoms with Crippen LogP contribution in [0, 0.1) is 0 Å². The Bertz CT molecular complexity index is 842. The molecular formula is C19H18ClF3N2O2. The fourth-order valence-electron chi connectivity index (χ4n) is 2.71. The Morgan fingerprint density at radius 3 is 2.67 bits per heavy atom. The Morgan fingerprint density at radius 1 is 1.37 bits per heavy atom. The maximum atomic E-state index is 12.8. The first-order valence-corrected chi connectivity index (χ1v) is 8.51. The number of rotatable bonds is 5. The molecule has 0 unspecified atom stereocenters. The minimum absolute atomic E-state index is 0.132. The van der Waals surface area contributed by atoms with E-state index in [9.17, 15) is 22.8 Å². The van der Waals surface area contributed by atoms with E-state index < -0.39 is 18.5 Å². The van der Waals surface area contributed by atoms with E-state index in [0.717, 1.165) is 11.6 Å². The fraction of sp³-hybridized carbons (Fsp3) is 0.263. The Balaban J connectivity index is 2.34. The molecule has 1 aliphatic rings. The summed E-state index contributed by atoms with van der Waals surface area (Å²) in [6.45, 7) is 4.98. The van der Waals surface area contributed by atoms with Crippen LogP contribution in [0.15, 0.2) is 48.1 Å². The summed E-state index contributed by atoms with van der Waals surface area (Å²) in [6.07, 6.45) is -1.18. The number of alkyl halides is 3. The molecular weight excluding hydrogens is 381 g/mol. The minimum atomic E-state index is -4.47. The summed E-state index contributed by atoms with van der Waals surface area (Å²) in [5, 5.41) is 5.47. The Kier molecular flexibility index (Phi) is 6.49. The van der Waals surface area contributed by atoms with Gasteiger partial charge in [-0.15, -0.1) is 0 Å². The number of nitrogens with one attached hydrogen (secondary N) is 2. The van der Waals surface area contributed by atoms with E-state index in [1.807, 2.05) is 0 Å². The van der Waals surface area contributed by atoms with Crippen LogP contribution < -0.4 is 10.6 Å². The van der Waals surface area contributed by atoms with Crippen LogP contribution in [-0.4, -0.2) is 18.0 Å². The largest absolute Gasteiger partial charge is 0.393 e. The predicted molar refractivity (Wildman–Crippen MR) is 99.7 cm³/mol. The quantitative estimate of drug-likeness (QED) is 0.530. The lowest BCUT2D eigenvalue weighted by atomic mass is 10.0. The number of carbonyl (C=O) groups excluding carboxylic acids is 2. The molecule has 1 aliphatic heterocycles. The van der Waals surface area contributed by atoms with Crippen LogP contribution in [0.3, 0.4) is 0 Å². The Hall–Kier alpha value is -2.54. The van der Waals surface area contributed by atoms with Crippen LogP contribution in [0.2, 0.25) is 5.02 Å². The van der Waals surface area contributed by atoms with Crippen molar-refractivity contribution in [1.29, 1.82) is 0 Å². The van der Waals surface area contributed by atoms with E-state index in [1.54, 1.807) is 13.0 Å². The van der Waals surface area contributed by atoms with Gasteiger partial charge in [-0.3, -0.25) is 9.59 Å². The molecule has 8 heteroatoms. The first-order chi connectivity index (χ1) is 12.6. The van der Waals surface area contributed by atoms with Crippen molar-refractivity contribution < 1.29 is 22.8 Å². The van der Waals surface area contributed by atoms with E-state index in [0.29, 0.717) is 17.8 Å². The highest BCUT2D eigenvalue weighted by Gasteiger charge is 2.30. The zero-order chi connectivity index (χ0) is 20.2. The van der Waals surface area contributed by atoms with Crippen molar-refractivity contribution >= 4 is 34.8 Å². The second-order valence-electron chi connectivity index (χ2n) is 5.93. The molecule has 0 radical (unpaired) electrons. The van der Waals surface area contributed by atoms with Crippen molar-refractivity contribution in [1.82, 2.24) is 0 Å². The van der Waals surface area contributed by atoms with Crippen molar-refractivity contribution in [3.05, 3.63) is 58.7 Å². The number of hydrogen-bond donors (Lipinski definition) is 2. The van der Waals surface area contributed by atoms with Crippen molar-refractivity contribution in [3.63, 3.8) is 0 Å². The average Bonchev–Trinajstić information content (AvgIpc) is 2.57. The number of amides is 2. The van der Waals surface area contributed by atoms with Crippen LogP contribution in [0.4, 0.5) is 24.5 Å². The highest BCUT2D eigenvalue weighted by atomic mass is 35.5. The average molecular weight is 399 g/mol. The van der Waals surface area contributed by atoms with E-state index in [-0.39, 0.29) is 28.5 Å². The van der Waals surface area contributed by atoms with Gasteiger partial charge in [0.15, 0.2) is 0 Å². The number of carbonyl (C=O) groups is 2. The fourth-order valence-corrected chi connectivity index (χ4v) is 3.00.